The first-order valence-electron chi connectivity index (χ1n) is 17.8. The van der Waals surface area contributed by atoms with Crippen LogP contribution in [-0.4, -0.2) is 95.2 Å². The minimum atomic E-state index is -0.538. The number of rotatable bonds is 9. The second-order valence-corrected chi connectivity index (χ2v) is 15.4. The topological polar surface area (TPSA) is 162 Å². The van der Waals surface area contributed by atoms with Crippen molar-refractivity contribution >= 4 is 90.1 Å². The maximum Gasteiger partial charge on any atom is 0.254 e. The molecule has 286 valence electrons. The molecule has 0 saturated heterocycles. The molecule has 17 heteroatoms. The van der Waals surface area contributed by atoms with Gasteiger partial charge in [0.05, 0.1) is 30.5 Å². The average molecular weight is 895 g/mol. The molecule has 0 spiro atoms. The molecule has 2 saturated carbocycles. The summed E-state index contributed by atoms with van der Waals surface area (Å²) in [4.78, 5) is 57.1. The molecule has 2 fully saturated rings. The fourth-order valence-corrected chi connectivity index (χ4v) is 7.88. The molecule has 2 aliphatic carbocycles. The largest absolute Gasteiger partial charge is 0.326 e. The van der Waals surface area contributed by atoms with Crippen molar-refractivity contribution in [1.29, 1.82) is 0 Å². The smallest absolute Gasteiger partial charge is 0.254 e. The van der Waals surface area contributed by atoms with Gasteiger partial charge >= 0.3 is 0 Å². The predicted octanol–water partition coefficient (Wildman–Crippen LogP) is 7.02. The van der Waals surface area contributed by atoms with Gasteiger partial charge in [-0.05, 0) is 91.6 Å². The van der Waals surface area contributed by atoms with E-state index in [9.17, 15) is 18.8 Å². The van der Waals surface area contributed by atoms with E-state index in [4.69, 9.17) is 12.2 Å². The van der Waals surface area contributed by atoms with Gasteiger partial charge in [-0.25, -0.2) is 19.3 Å². The minimum absolute atomic E-state index is 0.0178. The Labute approximate surface area is 339 Å². The van der Waals surface area contributed by atoms with Crippen LogP contribution in [0.5, 0.6) is 0 Å². The number of halogens is 3. The van der Waals surface area contributed by atoms with Gasteiger partial charge in [0, 0.05) is 38.2 Å². The van der Waals surface area contributed by atoms with E-state index >= 15 is 0 Å². The van der Waals surface area contributed by atoms with Crippen LogP contribution in [0.25, 0.3) is 11.0 Å². The van der Waals surface area contributed by atoms with Crippen molar-refractivity contribution in [1.82, 2.24) is 39.9 Å². The van der Waals surface area contributed by atoms with E-state index in [1.807, 2.05) is 56.1 Å². The molecule has 3 N–H and O–H groups in total. The molecule has 3 amide bonds. The second-order valence-electron chi connectivity index (χ2n) is 13.3. The van der Waals surface area contributed by atoms with Crippen LogP contribution >= 0.6 is 44.1 Å². The molecular formula is C38H39Br2FN10O3S. The van der Waals surface area contributed by atoms with E-state index < -0.39 is 5.82 Å². The number of carbonyl (C=O) groups excluding carboxylic acids is 3. The van der Waals surface area contributed by atoms with Gasteiger partial charge < -0.3 is 4.90 Å². The maximum atomic E-state index is 13.0. The maximum absolute atomic E-state index is 13.0. The molecule has 3 aromatic heterocycles. The number of hydrogen-bond donors (Lipinski definition) is 3. The summed E-state index contributed by atoms with van der Waals surface area (Å²) in [6.07, 6.45) is 8.97. The molecule has 5 aromatic rings. The van der Waals surface area contributed by atoms with Crippen molar-refractivity contribution < 1.29 is 18.8 Å². The molecule has 4 aliphatic rings. The van der Waals surface area contributed by atoms with Gasteiger partial charge in [-0.2, -0.15) is 10.1 Å². The number of likely N-dealkylation sites (N-methyl/N-ethyl adjacent to an activating group) is 1. The number of aromatic amines is 1. The Hall–Kier alpha value is -4.58. The first kappa shape index (κ1) is 40.1. The molecule has 2 aromatic carbocycles. The lowest BCUT2D eigenvalue weighted by Crippen LogP contribution is -2.47. The van der Waals surface area contributed by atoms with Gasteiger partial charge in [0.1, 0.15) is 6.54 Å². The Bertz CT molecular complexity index is 2200. The highest BCUT2D eigenvalue weighted by atomic mass is 79.9. The number of H-pyrrole nitrogens is 1. The van der Waals surface area contributed by atoms with Gasteiger partial charge in [-0.1, -0.05) is 64.0 Å². The number of hydrogen-bond acceptors (Lipinski definition) is 10. The van der Waals surface area contributed by atoms with Gasteiger partial charge in [-0.3, -0.25) is 35.0 Å². The molecule has 9 rings (SSSR count). The fourth-order valence-electron chi connectivity index (χ4n) is 6.91. The predicted molar refractivity (Wildman–Crippen MR) is 219 cm³/mol. The zero-order chi connectivity index (χ0) is 39.2. The van der Waals surface area contributed by atoms with Crippen molar-refractivity contribution in [2.45, 2.75) is 63.5 Å². The van der Waals surface area contributed by atoms with Crippen molar-refractivity contribution in [2.24, 2.45) is 0 Å². The van der Waals surface area contributed by atoms with E-state index in [1.165, 1.54) is 5.56 Å². The molecule has 55 heavy (non-hydrogen) atoms. The standard InChI is InChI=1S/C18H18BrFN4OS.C18H15BrN6O2.C2H6/c1-24(9-17(25)23-18-21-7-14(20)8-22-18)15-4-12(5-15)16-6-13(19)3-2-11(16)10-26;19-11-1-2-13-14(5-11)9-3-12(4-9)25(17(13)27)8-15(26)22-18-20-6-10-7-21-24-16(10)23-18;1-2/h2-3,6-8,10,12,15H,4-5,9H2,1H3,(H,21,22,23,25);1-2,5-7,9,12H,3-4,8H2,(H2,20,21,22,23,24,26);1-2H3. The first-order valence-corrected chi connectivity index (χ1v) is 19.9. The van der Waals surface area contributed by atoms with E-state index in [0.717, 1.165) is 63.5 Å². The number of aromatic nitrogens is 6. The van der Waals surface area contributed by atoms with Crippen LogP contribution in [0.2, 0.25) is 0 Å². The molecule has 5 heterocycles. The zero-order valence-electron chi connectivity index (χ0n) is 30.3. The van der Waals surface area contributed by atoms with Crippen molar-refractivity contribution in [3.8, 4) is 0 Å². The summed E-state index contributed by atoms with van der Waals surface area (Å²) >= 11 is 12.1. The summed E-state index contributed by atoms with van der Waals surface area (Å²) in [5, 5.41) is 14.3. The number of thiocarbonyl (C=S) groups is 1. The number of nitrogens with zero attached hydrogens (tertiary/aromatic N) is 7. The molecule has 0 unspecified atom stereocenters. The fraction of sp³-hybridized carbons (Fsp3) is 0.342. The number of fused-ring (bicyclic) bond motifs is 2. The van der Waals surface area contributed by atoms with E-state index in [-0.39, 0.29) is 48.7 Å². The van der Waals surface area contributed by atoms with Crippen LogP contribution < -0.4 is 10.6 Å². The van der Waals surface area contributed by atoms with Crippen LogP contribution in [-0.2, 0) is 9.59 Å². The van der Waals surface area contributed by atoms with Crippen LogP contribution in [0.4, 0.5) is 16.3 Å². The Morgan fingerprint density at radius 2 is 1.56 bits per heavy atom. The zero-order valence-corrected chi connectivity index (χ0v) is 34.3. The SMILES string of the molecule is CC.CN(CC(=O)Nc1ncc(F)cn1)C1CC(c2cc(Br)ccc2C=S)C1.O=C(CN1C(=O)c2ccc(Br)cc2C2CC1C2)Nc1ncc2cn[nH]c2n1. The number of carbonyl (C=O) groups is 3. The van der Waals surface area contributed by atoms with Crippen molar-refractivity contribution in [3.63, 3.8) is 0 Å². The summed E-state index contributed by atoms with van der Waals surface area (Å²) in [6, 6.07) is 12.3. The highest BCUT2D eigenvalue weighted by Gasteiger charge is 2.43. The molecule has 0 atom stereocenters. The Balaban J connectivity index is 0.000000179. The summed E-state index contributed by atoms with van der Waals surface area (Å²) < 4.78 is 14.8. The van der Waals surface area contributed by atoms with Crippen molar-refractivity contribution in [3.05, 3.63) is 98.2 Å². The second kappa shape index (κ2) is 17.9. The lowest BCUT2D eigenvalue weighted by atomic mass is 9.74. The third-order valence-electron chi connectivity index (χ3n) is 9.87. The highest BCUT2D eigenvalue weighted by molar-refractivity contribution is 9.10. The van der Waals surface area contributed by atoms with Gasteiger partial charge in [0.25, 0.3) is 5.91 Å². The summed E-state index contributed by atoms with van der Waals surface area (Å²) in [5.74, 6) is -0.0450. The summed E-state index contributed by atoms with van der Waals surface area (Å²) in [6.45, 7) is 4.22. The van der Waals surface area contributed by atoms with Crippen LogP contribution in [0.1, 0.15) is 78.4 Å². The molecule has 2 bridgehead atoms. The van der Waals surface area contributed by atoms with Crippen LogP contribution in [0.3, 0.4) is 0 Å². The summed E-state index contributed by atoms with van der Waals surface area (Å²) in [7, 11) is 1.92. The van der Waals surface area contributed by atoms with Crippen molar-refractivity contribution in [2.75, 3.05) is 30.8 Å². The molecule has 13 nitrogen and oxygen atoms in total. The van der Waals surface area contributed by atoms with Crippen LogP contribution in [0, 0.1) is 5.82 Å². The van der Waals surface area contributed by atoms with Crippen LogP contribution in [0.15, 0.2) is 70.1 Å². The summed E-state index contributed by atoms with van der Waals surface area (Å²) in [5.41, 5.74) is 4.64. The molecule has 2 aliphatic heterocycles. The molecular weight excluding hydrogens is 855 g/mol. The number of anilines is 2. The van der Waals surface area contributed by atoms with Gasteiger partial charge in [-0.15, -0.1) is 0 Å². The normalized spacial score (nSPS) is 19.3. The number of amides is 3. The third-order valence-corrected chi connectivity index (χ3v) is 11.1. The molecule has 0 radical (unpaired) electrons. The first-order chi connectivity index (χ1) is 26.5. The average Bonchev–Trinajstić information content (AvgIpc) is 3.53. The Morgan fingerprint density at radius 3 is 2.27 bits per heavy atom. The lowest BCUT2D eigenvalue weighted by molar-refractivity contribution is -0.118. The van der Waals surface area contributed by atoms with E-state index in [2.05, 4.69) is 78.7 Å². The Kier molecular flexibility index (Phi) is 13.1. The van der Waals surface area contributed by atoms with E-state index in [1.54, 1.807) is 22.7 Å². The minimum Gasteiger partial charge on any atom is -0.326 e. The Morgan fingerprint density at radius 1 is 0.927 bits per heavy atom. The lowest BCUT2D eigenvalue weighted by Gasteiger charge is -2.41. The van der Waals surface area contributed by atoms with Gasteiger partial charge in [0.2, 0.25) is 23.7 Å². The van der Waals surface area contributed by atoms with Gasteiger partial charge in [0.15, 0.2) is 11.5 Å². The quantitative estimate of drug-likeness (QED) is 0.131. The highest BCUT2D eigenvalue weighted by Crippen LogP contribution is 2.45. The van der Waals surface area contributed by atoms with E-state index in [0.29, 0.717) is 29.1 Å². The monoisotopic (exact) mass is 892 g/mol. The third kappa shape index (κ3) is 9.45. The number of nitrogens with one attached hydrogen (secondary N) is 3. The number of benzene rings is 2.